The maximum Gasteiger partial charge on any atom is 0.291 e. The van der Waals surface area contributed by atoms with Crippen molar-refractivity contribution < 1.29 is 9.21 Å². The van der Waals surface area contributed by atoms with E-state index in [1.165, 1.54) is 0 Å². The lowest BCUT2D eigenvalue weighted by atomic mass is 10.1. The van der Waals surface area contributed by atoms with Gasteiger partial charge >= 0.3 is 0 Å². The molecule has 1 aromatic heterocycles. The van der Waals surface area contributed by atoms with Crippen LogP contribution in [0.25, 0.3) is 0 Å². The second kappa shape index (κ2) is 5.84. The number of hydrogen-bond donors (Lipinski definition) is 0. The van der Waals surface area contributed by atoms with E-state index >= 15 is 0 Å². The fraction of sp³-hybridized carbons (Fsp3) is 0.692. The molecule has 0 spiro atoms. The Morgan fingerprint density at radius 1 is 1.47 bits per heavy atom. The molecule has 0 unspecified atom stereocenters. The van der Waals surface area contributed by atoms with Gasteiger partial charge in [-0.3, -0.25) is 4.79 Å². The largest absolute Gasteiger partial charge is 0.436 e. The Balaban J connectivity index is 2.87. The Labute approximate surface area is 103 Å². The Morgan fingerprint density at radius 2 is 2.12 bits per heavy atom. The molecule has 0 atom stereocenters. The molecule has 0 saturated heterocycles. The standard InChI is InChI=1S/C13H22N2O2/c1-6-7-8-15(5)13(16)12-11(9(2)3)14-10(4)17-12/h9H,6-8H2,1-5H3. The van der Waals surface area contributed by atoms with Crippen LogP contribution in [0.5, 0.6) is 0 Å². The van der Waals surface area contributed by atoms with E-state index in [0.29, 0.717) is 11.7 Å². The van der Waals surface area contributed by atoms with E-state index in [-0.39, 0.29) is 11.8 Å². The highest BCUT2D eigenvalue weighted by Gasteiger charge is 2.23. The molecule has 0 aliphatic heterocycles. The molecule has 1 aromatic rings. The van der Waals surface area contributed by atoms with Crippen molar-refractivity contribution in [3.8, 4) is 0 Å². The van der Waals surface area contributed by atoms with Crippen LogP contribution in [0.3, 0.4) is 0 Å². The summed E-state index contributed by atoms with van der Waals surface area (Å²) in [5.74, 6) is 1.09. The third-order valence-corrected chi connectivity index (χ3v) is 2.70. The van der Waals surface area contributed by atoms with Gasteiger partial charge in [0.15, 0.2) is 5.89 Å². The lowest BCUT2D eigenvalue weighted by molar-refractivity contribution is 0.0758. The second-order valence-corrected chi connectivity index (χ2v) is 4.68. The average Bonchev–Trinajstić information content (AvgIpc) is 2.67. The minimum absolute atomic E-state index is 0.0669. The molecule has 96 valence electrons. The quantitative estimate of drug-likeness (QED) is 0.792. The van der Waals surface area contributed by atoms with Gasteiger partial charge in [0.05, 0.1) is 5.69 Å². The first kappa shape index (κ1) is 13.7. The van der Waals surface area contributed by atoms with Crippen molar-refractivity contribution in [2.45, 2.75) is 46.5 Å². The van der Waals surface area contributed by atoms with Crippen molar-refractivity contribution in [2.75, 3.05) is 13.6 Å². The van der Waals surface area contributed by atoms with Crippen molar-refractivity contribution in [1.82, 2.24) is 9.88 Å². The van der Waals surface area contributed by atoms with Crippen molar-refractivity contribution in [3.05, 3.63) is 17.3 Å². The molecule has 1 rings (SSSR count). The van der Waals surface area contributed by atoms with Crippen molar-refractivity contribution >= 4 is 5.91 Å². The molecule has 0 fully saturated rings. The number of carbonyl (C=O) groups is 1. The topological polar surface area (TPSA) is 46.3 Å². The predicted octanol–water partition coefficient (Wildman–Crippen LogP) is 2.98. The summed E-state index contributed by atoms with van der Waals surface area (Å²) in [5, 5.41) is 0. The lowest BCUT2D eigenvalue weighted by Gasteiger charge is -2.15. The van der Waals surface area contributed by atoms with Crippen LogP contribution in [-0.4, -0.2) is 29.4 Å². The number of aryl methyl sites for hydroxylation is 1. The zero-order chi connectivity index (χ0) is 13.0. The average molecular weight is 238 g/mol. The normalized spacial score (nSPS) is 10.9. The number of amides is 1. The number of carbonyl (C=O) groups excluding carboxylic acids is 1. The molecule has 0 aliphatic carbocycles. The zero-order valence-electron chi connectivity index (χ0n) is 11.4. The van der Waals surface area contributed by atoms with Gasteiger partial charge in [0, 0.05) is 20.5 Å². The number of aromatic nitrogens is 1. The van der Waals surface area contributed by atoms with E-state index in [9.17, 15) is 4.79 Å². The maximum absolute atomic E-state index is 12.2. The van der Waals surface area contributed by atoms with Crippen LogP contribution in [0.1, 0.15) is 61.7 Å². The van der Waals surface area contributed by atoms with E-state index in [1.807, 2.05) is 13.8 Å². The summed E-state index contributed by atoms with van der Waals surface area (Å²) in [6.07, 6.45) is 2.08. The predicted molar refractivity (Wildman–Crippen MR) is 67.2 cm³/mol. The molecular weight excluding hydrogens is 216 g/mol. The van der Waals surface area contributed by atoms with E-state index in [4.69, 9.17) is 4.42 Å². The molecule has 0 aromatic carbocycles. The molecule has 0 bridgehead atoms. The van der Waals surface area contributed by atoms with Crippen LogP contribution in [0.15, 0.2) is 4.42 Å². The lowest BCUT2D eigenvalue weighted by Crippen LogP contribution is -2.28. The van der Waals surface area contributed by atoms with Crippen LogP contribution < -0.4 is 0 Å². The summed E-state index contributed by atoms with van der Waals surface area (Å²) in [4.78, 5) is 18.2. The van der Waals surface area contributed by atoms with Gasteiger partial charge in [-0.2, -0.15) is 0 Å². The maximum atomic E-state index is 12.2. The molecule has 1 amide bonds. The molecule has 1 heterocycles. The third kappa shape index (κ3) is 3.32. The molecule has 4 heteroatoms. The molecule has 4 nitrogen and oxygen atoms in total. The fourth-order valence-electron chi connectivity index (χ4n) is 1.66. The first-order valence-electron chi connectivity index (χ1n) is 6.20. The monoisotopic (exact) mass is 238 g/mol. The Hall–Kier alpha value is -1.32. The molecule has 0 N–H and O–H groups in total. The van der Waals surface area contributed by atoms with Gasteiger partial charge in [0.2, 0.25) is 5.76 Å². The number of unbranched alkanes of at least 4 members (excludes halogenated alkanes) is 1. The van der Waals surface area contributed by atoms with Crippen molar-refractivity contribution in [3.63, 3.8) is 0 Å². The van der Waals surface area contributed by atoms with Gasteiger partial charge in [0.25, 0.3) is 5.91 Å². The van der Waals surface area contributed by atoms with E-state index in [1.54, 1.807) is 18.9 Å². The Kier molecular flexibility index (Phi) is 4.73. The molecule has 0 saturated carbocycles. The van der Waals surface area contributed by atoms with Crippen molar-refractivity contribution in [1.29, 1.82) is 0 Å². The summed E-state index contributed by atoms with van der Waals surface area (Å²) in [6, 6.07) is 0. The molecular formula is C13H22N2O2. The van der Waals surface area contributed by atoms with E-state index in [0.717, 1.165) is 25.1 Å². The van der Waals surface area contributed by atoms with Crippen molar-refractivity contribution in [2.24, 2.45) is 0 Å². The van der Waals surface area contributed by atoms with Crippen LogP contribution >= 0.6 is 0 Å². The first-order chi connectivity index (χ1) is 7.97. The van der Waals surface area contributed by atoms with Crippen LogP contribution in [0.4, 0.5) is 0 Å². The molecule has 17 heavy (non-hydrogen) atoms. The number of hydrogen-bond acceptors (Lipinski definition) is 3. The minimum Gasteiger partial charge on any atom is -0.436 e. The highest BCUT2D eigenvalue weighted by atomic mass is 16.4. The number of rotatable bonds is 5. The van der Waals surface area contributed by atoms with Crippen LogP contribution in [0.2, 0.25) is 0 Å². The third-order valence-electron chi connectivity index (χ3n) is 2.70. The molecule has 0 radical (unpaired) electrons. The Morgan fingerprint density at radius 3 is 2.65 bits per heavy atom. The second-order valence-electron chi connectivity index (χ2n) is 4.68. The minimum atomic E-state index is -0.0669. The number of oxazole rings is 1. The van der Waals surface area contributed by atoms with Gasteiger partial charge in [-0.05, 0) is 12.3 Å². The van der Waals surface area contributed by atoms with Gasteiger partial charge in [0.1, 0.15) is 0 Å². The zero-order valence-corrected chi connectivity index (χ0v) is 11.4. The SMILES string of the molecule is CCCCN(C)C(=O)c1oc(C)nc1C(C)C. The summed E-state index contributed by atoms with van der Waals surface area (Å²) in [5.41, 5.74) is 0.760. The van der Waals surface area contributed by atoms with Gasteiger partial charge in [-0.25, -0.2) is 4.98 Å². The van der Waals surface area contributed by atoms with Crippen LogP contribution in [0, 0.1) is 6.92 Å². The van der Waals surface area contributed by atoms with Crippen LogP contribution in [-0.2, 0) is 0 Å². The fourth-order valence-corrected chi connectivity index (χ4v) is 1.66. The van der Waals surface area contributed by atoms with E-state index < -0.39 is 0 Å². The Bertz CT molecular complexity index is 383. The van der Waals surface area contributed by atoms with Gasteiger partial charge < -0.3 is 9.32 Å². The number of nitrogens with zero attached hydrogens (tertiary/aromatic N) is 2. The van der Waals surface area contributed by atoms with E-state index in [2.05, 4.69) is 11.9 Å². The first-order valence-corrected chi connectivity index (χ1v) is 6.20. The smallest absolute Gasteiger partial charge is 0.291 e. The van der Waals surface area contributed by atoms with Gasteiger partial charge in [-0.15, -0.1) is 0 Å². The van der Waals surface area contributed by atoms with Gasteiger partial charge in [-0.1, -0.05) is 27.2 Å². The molecule has 0 aliphatic rings. The summed E-state index contributed by atoms with van der Waals surface area (Å²) in [6.45, 7) is 8.66. The highest BCUT2D eigenvalue weighted by molar-refractivity contribution is 5.92. The highest BCUT2D eigenvalue weighted by Crippen LogP contribution is 2.21. The summed E-state index contributed by atoms with van der Waals surface area (Å²) >= 11 is 0. The summed E-state index contributed by atoms with van der Waals surface area (Å²) in [7, 11) is 1.81. The summed E-state index contributed by atoms with van der Waals surface area (Å²) < 4.78 is 5.44.